The first-order chi connectivity index (χ1) is 9.25. The highest BCUT2D eigenvalue weighted by atomic mass is 32.1. The summed E-state index contributed by atoms with van der Waals surface area (Å²) in [6.45, 7) is 0.777. The van der Waals surface area contributed by atoms with E-state index in [1.54, 1.807) is 12.1 Å². The van der Waals surface area contributed by atoms with Gasteiger partial charge in [-0.1, -0.05) is 18.2 Å². The van der Waals surface area contributed by atoms with Gasteiger partial charge in [-0.05, 0) is 42.0 Å². The summed E-state index contributed by atoms with van der Waals surface area (Å²) in [5.41, 5.74) is 1.02. The molecule has 1 aliphatic rings. The van der Waals surface area contributed by atoms with Crippen LogP contribution in [-0.2, 0) is 0 Å². The van der Waals surface area contributed by atoms with Gasteiger partial charge in [-0.2, -0.15) is 0 Å². The van der Waals surface area contributed by atoms with E-state index in [2.05, 4.69) is 0 Å². The van der Waals surface area contributed by atoms with Crippen molar-refractivity contribution in [3.63, 3.8) is 0 Å². The first-order valence-corrected chi connectivity index (χ1v) is 7.23. The standard InChI is InChI=1S/C15H14FNOS/c16-12-7-5-11(6-8-12)13-3-1-9-17(13)15(18)14-4-2-10-19-14/h2,4-8,10,13H,1,3,9H2. The van der Waals surface area contributed by atoms with Crippen molar-refractivity contribution in [1.82, 2.24) is 4.90 Å². The maximum Gasteiger partial charge on any atom is 0.264 e. The number of carbonyl (C=O) groups is 1. The highest BCUT2D eigenvalue weighted by Crippen LogP contribution is 2.33. The lowest BCUT2D eigenvalue weighted by atomic mass is 10.0. The summed E-state index contributed by atoms with van der Waals surface area (Å²) in [6.07, 6.45) is 1.95. The second kappa shape index (κ2) is 5.13. The fraction of sp³-hybridized carbons (Fsp3) is 0.267. The van der Waals surface area contributed by atoms with Gasteiger partial charge in [-0.25, -0.2) is 4.39 Å². The minimum Gasteiger partial charge on any atom is -0.331 e. The number of thiophene rings is 1. The fourth-order valence-electron chi connectivity index (χ4n) is 2.58. The molecular weight excluding hydrogens is 261 g/mol. The van der Waals surface area contributed by atoms with Crippen molar-refractivity contribution in [2.45, 2.75) is 18.9 Å². The van der Waals surface area contributed by atoms with E-state index in [9.17, 15) is 9.18 Å². The van der Waals surface area contributed by atoms with Crippen molar-refractivity contribution in [2.75, 3.05) is 6.54 Å². The Balaban J connectivity index is 1.85. The normalized spacial score (nSPS) is 18.8. The lowest BCUT2D eigenvalue weighted by Crippen LogP contribution is -2.29. The third-order valence-corrected chi connectivity index (χ3v) is 4.36. The molecule has 0 spiro atoms. The second-order valence-corrected chi connectivity index (χ2v) is 5.63. The highest BCUT2D eigenvalue weighted by molar-refractivity contribution is 7.12. The molecule has 1 aromatic heterocycles. The lowest BCUT2D eigenvalue weighted by Gasteiger charge is -2.24. The van der Waals surface area contributed by atoms with E-state index in [1.807, 2.05) is 22.4 Å². The summed E-state index contributed by atoms with van der Waals surface area (Å²) in [6, 6.07) is 10.3. The van der Waals surface area contributed by atoms with Crippen LogP contribution in [0.5, 0.6) is 0 Å². The molecule has 0 N–H and O–H groups in total. The first-order valence-electron chi connectivity index (χ1n) is 6.35. The summed E-state index contributed by atoms with van der Waals surface area (Å²) in [5.74, 6) is -0.153. The molecule has 1 atom stereocenters. The van der Waals surface area contributed by atoms with Crippen LogP contribution >= 0.6 is 11.3 Å². The maximum absolute atomic E-state index is 13.0. The molecular formula is C15H14FNOS. The third-order valence-electron chi connectivity index (χ3n) is 3.50. The van der Waals surface area contributed by atoms with Gasteiger partial charge >= 0.3 is 0 Å². The zero-order chi connectivity index (χ0) is 13.2. The predicted molar refractivity (Wildman–Crippen MR) is 73.7 cm³/mol. The SMILES string of the molecule is O=C(c1cccs1)N1CCCC1c1ccc(F)cc1. The first kappa shape index (κ1) is 12.4. The van der Waals surface area contributed by atoms with Crippen molar-refractivity contribution in [3.8, 4) is 0 Å². The van der Waals surface area contributed by atoms with Gasteiger partial charge in [-0.15, -0.1) is 11.3 Å². The smallest absolute Gasteiger partial charge is 0.264 e. The van der Waals surface area contributed by atoms with E-state index >= 15 is 0 Å². The molecule has 1 amide bonds. The van der Waals surface area contributed by atoms with Gasteiger partial charge in [0.25, 0.3) is 5.91 Å². The molecule has 2 heterocycles. The lowest BCUT2D eigenvalue weighted by molar-refractivity contribution is 0.0740. The Kier molecular flexibility index (Phi) is 3.34. The van der Waals surface area contributed by atoms with Crippen LogP contribution in [-0.4, -0.2) is 17.4 Å². The third kappa shape index (κ3) is 2.40. The molecule has 0 radical (unpaired) electrons. The van der Waals surface area contributed by atoms with Crippen molar-refractivity contribution >= 4 is 17.2 Å². The van der Waals surface area contributed by atoms with Gasteiger partial charge in [0, 0.05) is 6.54 Å². The quantitative estimate of drug-likeness (QED) is 0.815. The van der Waals surface area contributed by atoms with Crippen LogP contribution < -0.4 is 0 Å². The number of hydrogen-bond acceptors (Lipinski definition) is 2. The molecule has 19 heavy (non-hydrogen) atoms. The number of nitrogens with zero attached hydrogens (tertiary/aromatic N) is 1. The summed E-state index contributed by atoms with van der Waals surface area (Å²) in [7, 11) is 0. The van der Waals surface area contributed by atoms with Crippen LogP contribution in [0.3, 0.4) is 0 Å². The molecule has 1 aliphatic heterocycles. The van der Waals surface area contributed by atoms with Gasteiger partial charge < -0.3 is 4.90 Å². The Labute approximate surface area is 115 Å². The van der Waals surface area contributed by atoms with E-state index in [-0.39, 0.29) is 17.8 Å². The molecule has 0 aliphatic carbocycles. The summed E-state index contributed by atoms with van der Waals surface area (Å²) < 4.78 is 13.0. The van der Waals surface area contributed by atoms with E-state index in [1.165, 1.54) is 23.5 Å². The molecule has 4 heteroatoms. The average Bonchev–Trinajstić information content (AvgIpc) is 3.10. The number of amides is 1. The fourth-order valence-corrected chi connectivity index (χ4v) is 3.26. The molecule has 1 saturated heterocycles. The monoisotopic (exact) mass is 275 g/mol. The molecule has 2 aromatic rings. The molecule has 1 aromatic carbocycles. The minimum atomic E-state index is -0.238. The van der Waals surface area contributed by atoms with Gasteiger partial charge in [0.2, 0.25) is 0 Å². The molecule has 3 rings (SSSR count). The average molecular weight is 275 g/mol. The topological polar surface area (TPSA) is 20.3 Å². The number of benzene rings is 1. The van der Waals surface area contributed by atoms with Gasteiger partial charge in [0.05, 0.1) is 10.9 Å². The van der Waals surface area contributed by atoms with Crippen LogP contribution in [0, 0.1) is 5.82 Å². The van der Waals surface area contributed by atoms with Crippen LogP contribution in [0.25, 0.3) is 0 Å². The van der Waals surface area contributed by atoms with Gasteiger partial charge in [-0.3, -0.25) is 4.79 Å². The van der Waals surface area contributed by atoms with Crippen LogP contribution in [0.1, 0.15) is 34.1 Å². The van der Waals surface area contributed by atoms with Crippen molar-refractivity contribution < 1.29 is 9.18 Å². The number of carbonyl (C=O) groups excluding carboxylic acids is 1. The van der Waals surface area contributed by atoms with Crippen molar-refractivity contribution in [3.05, 3.63) is 58.0 Å². The molecule has 0 bridgehead atoms. The summed E-state index contributed by atoms with van der Waals surface area (Å²) >= 11 is 1.47. The largest absolute Gasteiger partial charge is 0.331 e. The van der Waals surface area contributed by atoms with Crippen molar-refractivity contribution in [2.24, 2.45) is 0 Å². The maximum atomic E-state index is 13.0. The van der Waals surface area contributed by atoms with Gasteiger partial charge in [0.1, 0.15) is 5.82 Å². The zero-order valence-corrected chi connectivity index (χ0v) is 11.2. The molecule has 2 nitrogen and oxygen atoms in total. The molecule has 0 saturated carbocycles. The van der Waals surface area contributed by atoms with E-state index in [0.717, 1.165) is 29.8 Å². The molecule has 1 fully saturated rings. The van der Waals surface area contributed by atoms with Crippen molar-refractivity contribution in [1.29, 1.82) is 0 Å². The van der Waals surface area contributed by atoms with Crippen LogP contribution in [0.15, 0.2) is 41.8 Å². The highest BCUT2D eigenvalue weighted by Gasteiger charge is 2.30. The number of halogens is 1. The molecule has 98 valence electrons. The Hall–Kier alpha value is -1.68. The predicted octanol–water partition coefficient (Wildman–Crippen LogP) is 3.86. The summed E-state index contributed by atoms with van der Waals surface area (Å²) in [4.78, 5) is 15.1. The van der Waals surface area contributed by atoms with Gasteiger partial charge in [0.15, 0.2) is 0 Å². The minimum absolute atomic E-state index is 0.0789. The Morgan fingerprint density at radius 3 is 2.74 bits per heavy atom. The number of hydrogen-bond donors (Lipinski definition) is 0. The van der Waals surface area contributed by atoms with E-state index in [4.69, 9.17) is 0 Å². The van der Waals surface area contributed by atoms with Crippen LogP contribution in [0.2, 0.25) is 0 Å². The molecule has 1 unspecified atom stereocenters. The Morgan fingerprint density at radius 1 is 1.26 bits per heavy atom. The number of rotatable bonds is 2. The second-order valence-electron chi connectivity index (χ2n) is 4.69. The Morgan fingerprint density at radius 2 is 2.05 bits per heavy atom. The van der Waals surface area contributed by atoms with Crippen LogP contribution in [0.4, 0.5) is 4.39 Å². The van der Waals surface area contributed by atoms with E-state index in [0.29, 0.717) is 0 Å². The zero-order valence-electron chi connectivity index (χ0n) is 10.4. The number of likely N-dealkylation sites (tertiary alicyclic amines) is 1. The Bertz CT molecular complexity index is 564. The summed E-state index contributed by atoms with van der Waals surface area (Å²) in [5, 5.41) is 1.91. The van der Waals surface area contributed by atoms with E-state index < -0.39 is 0 Å².